The van der Waals surface area contributed by atoms with E-state index in [1.165, 1.54) is 54.6 Å². The smallest absolute Gasteiger partial charge is 0.206 e. The van der Waals surface area contributed by atoms with Crippen LogP contribution in [0.3, 0.4) is 0 Å². The average molecular weight is 484 g/mol. The van der Waals surface area contributed by atoms with Crippen LogP contribution in [-0.2, 0) is 20.0 Å². The quantitative estimate of drug-likeness (QED) is 0.488. The van der Waals surface area contributed by atoms with Crippen molar-refractivity contribution in [2.45, 2.75) is 28.8 Å². The van der Waals surface area contributed by atoms with Crippen LogP contribution >= 0.6 is 0 Å². The van der Waals surface area contributed by atoms with Crippen molar-refractivity contribution < 1.29 is 30.0 Å². The minimum atomic E-state index is -4.90. The highest BCUT2D eigenvalue weighted by molar-refractivity contribution is 8.04. The maximum absolute atomic E-state index is 14.1. The van der Waals surface area contributed by atoms with Crippen molar-refractivity contribution in [1.29, 1.82) is 0 Å². The summed E-state index contributed by atoms with van der Waals surface area (Å²) in [4.78, 5) is -0.852. The maximum atomic E-state index is 14.1. The molecule has 10 heteroatoms. The Hall–Kier alpha value is -2.69. The van der Waals surface area contributed by atoms with Crippen molar-refractivity contribution in [2.24, 2.45) is 0 Å². The molecule has 3 rings (SSSR count). The number of aryl methyl sites for hydroxylation is 1. The Morgan fingerprint density at radius 2 is 1.22 bits per heavy atom. The van der Waals surface area contributed by atoms with E-state index >= 15 is 0 Å². The summed E-state index contributed by atoms with van der Waals surface area (Å²) in [6, 6.07) is 18.5. The monoisotopic (exact) mass is 483 g/mol. The highest BCUT2D eigenvalue weighted by Gasteiger charge is 2.47. The summed E-state index contributed by atoms with van der Waals surface area (Å²) in [5.74, 6) is -2.36. The number of hydrogen-bond acceptors (Lipinski definition) is 4. The number of halogens is 3. The Kier molecular flexibility index (Phi) is 6.77. The molecule has 0 N–H and O–H groups in total. The van der Waals surface area contributed by atoms with Gasteiger partial charge in [0.1, 0.15) is 0 Å². The molecule has 0 aliphatic carbocycles. The third kappa shape index (κ3) is 5.03. The Bertz CT molecular complexity index is 1210. The van der Waals surface area contributed by atoms with Gasteiger partial charge in [0.25, 0.3) is 20.0 Å². The number of nitrogens with zero attached hydrogens (tertiary/aromatic N) is 1. The Labute approximate surface area is 185 Å². The predicted molar refractivity (Wildman–Crippen MR) is 114 cm³/mol. The van der Waals surface area contributed by atoms with Gasteiger partial charge in [-0.15, -0.1) is 0 Å². The van der Waals surface area contributed by atoms with Crippen LogP contribution in [0.1, 0.15) is 17.0 Å². The number of benzene rings is 3. The molecule has 0 fully saturated rings. The van der Waals surface area contributed by atoms with Gasteiger partial charge in [0, 0.05) is 6.54 Å². The second-order valence-corrected chi connectivity index (χ2v) is 11.1. The van der Waals surface area contributed by atoms with E-state index in [-0.39, 0.29) is 9.27 Å². The molecule has 0 aromatic heterocycles. The number of alkyl halides is 3. The van der Waals surface area contributed by atoms with Crippen molar-refractivity contribution in [3.8, 4) is 0 Å². The van der Waals surface area contributed by atoms with Gasteiger partial charge in [-0.2, -0.15) is 13.2 Å². The molecular formula is C22H20F3NO4S2. The van der Waals surface area contributed by atoms with E-state index in [1.54, 1.807) is 13.0 Å². The first-order valence-electron chi connectivity index (χ1n) is 9.45. The van der Waals surface area contributed by atoms with E-state index in [4.69, 9.17) is 0 Å². The van der Waals surface area contributed by atoms with E-state index in [0.29, 0.717) is 5.56 Å². The van der Waals surface area contributed by atoms with Crippen molar-refractivity contribution >= 4 is 20.0 Å². The van der Waals surface area contributed by atoms with E-state index in [0.717, 1.165) is 24.3 Å². The summed E-state index contributed by atoms with van der Waals surface area (Å²) in [6.45, 7) is 0.261. The SMILES string of the molecule is Cc1cccc(C(CN(S(=O)(=O)c2ccccc2)S(=O)(=O)c2ccccc2)C(F)(F)F)c1. The highest BCUT2D eigenvalue weighted by atomic mass is 32.3. The van der Waals surface area contributed by atoms with Crippen LogP contribution in [0.2, 0.25) is 0 Å². The van der Waals surface area contributed by atoms with Gasteiger partial charge < -0.3 is 0 Å². The molecule has 0 radical (unpaired) electrons. The molecule has 0 aliphatic heterocycles. The Morgan fingerprint density at radius 3 is 1.62 bits per heavy atom. The summed E-state index contributed by atoms with van der Waals surface area (Å²) in [6.07, 6.45) is -4.90. The summed E-state index contributed by atoms with van der Waals surface area (Å²) < 4.78 is 95.3. The minimum Gasteiger partial charge on any atom is -0.206 e. The van der Waals surface area contributed by atoms with E-state index < -0.39 is 48.5 Å². The molecule has 3 aromatic carbocycles. The molecule has 0 heterocycles. The first-order chi connectivity index (χ1) is 14.9. The molecular weight excluding hydrogens is 463 g/mol. The molecule has 5 nitrogen and oxygen atoms in total. The third-order valence-corrected chi connectivity index (χ3v) is 9.07. The van der Waals surface area contributed by atoms with Crippen LogP contribution in [0.15, 0.2) is 94.7 Å². The zero-order chi connectivity index (χ0) is 23.6. The van der Waals surface area contributed by atoms with Crippen LogP contribution in [-0.4, -0.2) is 33.3 Å². The van der Waals surface area contributed by atoms with Crippen LogP contribution in [0.25, 0.3) is 0 Å². The van der Waals surface area contributed by atoms with Crippen LogP contribution < -0.4 is 0 Å². The van der Waals surface area contributed by atoms with Gasteiger partial charge in [0.05, 0.1) is 15.7 Å². The largest absolute Gasteiger partial charge is 0.397 e. The van der Waals surface area contributed by atoms with Crippen molar-refractivity contribution in [3.05, 3.63) is 96.1 Å². The second-order valence-electron chi connectivity index (χ2n) is 7.10. The van der Waals surface area contributed by atoms with Crippen LogP contribution in [0.5, 0.6) is 0 Å². The van der Waals surface area contributed by atoms with Gasteiger partial charge in [-0.25, -0.2) is 16.8 Å². The first-order valence-corrected chi connectivity index (χ1v) is 12.3. The van der Waals surface area contributed by atoms with Crippen molar-refractivity contribution in [2.75, 3.05) is 6.54 Å². The minimum absolute atomic E-state index is 0.0504. The predicted octanol–water partition coefficient (Wildman–Crippen LogP) is 4.72. The Morgan fingerprint density at radius 1 is 0.750 bits per heavy atom. The number of sulfonamides is 2. The van der Waals surface area contributed by atoms with Crippen LogP contribution in [0.4, 0.5) is 13.2 Å². The number of hydrogen-bond donors (Lipinski definition) is 0. The zero-order valence-corrected chi connectivity index (χ0v) is 18.5. The van der Waals surface area contributed by atoms with Gasteiger partial charge in [0.15, 0.2) is 0 Å². The molecule has 1 atom stereocenters. The fourth-order valence-corrected chi connectivity index (χ4v) is 6.89. The lowest BCUT2D eigenvalue weighted by Gasteiger charge is -2.28. The van der Waals surface area contributed by atoms with E-state index in [1.807, 2.05) is 0 Å². The topological polar surface area (TPSA) is 71.5 Å². The van der Waals surface area contributed by atoms with Gasteiger partial charge in [0.2, 0.25) is 0 Å². The second kappa shape index (κ2) is 9.05. The molecule has 0 spiro atoms. The molecule has 3 aromatic rings. The standard InChI is InChI=1S/C22H20F3NO4S2/c1-17-9-8-10-18(15-17)21(22(23,24)25)16-26(31(27,28)19-11-4-2-5-12-19)32(29,30)20-13-6-3-7-14-20/h2-15,21H,16H2,1H3. The summed E-state index contributed by atoms with van der Waals surface area (Å²) in [5.41, 5.74) is 0.300. The Balaban J connectivity index is 2.20. The summed E-state index contributed by atoms with van der Waals surface area (Å²) in [7, 11) is -9.67. The summed E-state index contributed by atoms with van der Waals surface area (Å²) in [5, 5.41) is 0. The molecule has 0 bridgehead atoms. The lowest BCUT2D eigenvalue weighted by molar-refractivity contribution is -0.150. The lowest BCUT2D eigenvalue weighted by atomic mass is 9.97. The van der Waals surface area contributed by atoms with Crippen molar-refractivity contribution in [1.82, 2.24) is 3.71 Å². The fourth-order valence-electron chi connectivity index (χ4n) is 3.18. The lowest BCUT2D eigenvalue weighted by Crippen LogP contribution is -2.42. The average Bonchev–Trinajstić information content (AvgIpc) is 2.74. The number of rotatable bonds is 7. The van der Waals surface area contributed by atoms with Crippen molar-refractivity contribution in [3.63, 3.8) is 0 Å². The summed E-state index contributed by atoms with van der Waals surface area (Å²) >= 11 is 0. The van der Waals surface area contributed by atoms with Gasteiger partial charge in [-0.05, 0) is 36.8 Å². The van der Waals surface area contributed by atoms with E-state index in [9.17, 15) is 30.0 Å². The normalized spacial score (nSPS) is 13.8. The molecule has 0 saturated heterocycles. The molecule has 0 saturated carbocycles. The van der Waals surface area contributed by atoms with Gasteiger partial charge >= 0.3 is 6.18 Å². The molecule has 32 heavy (non-hydrogen) atoms. The molecule has 1 unspecified atom stereocenters. The third-order valence-electron chi connectivity index (χ3n) is 4.79. The van der Waals surface area contributed by atoms with Crippen LogP contribution in [0, 0.1) is 6.92 Å². The zero-order valence-electron chi connectivity index (χ0n) is 16.9. The molecule has 0 aliphatic rings. The first kappa shape index (κ1) is 24.0. The van der Waals surface area contributed by atoms with Gasteiger partial charge in [-0.3, -0.25) is 0 Å². The highest BCUT2D eigenvalue weighted by Crippen LogP contribution is 2.38. The van der Waals surface area contributed by atoms with E-state index in [2.05, 4.69) is 0 Å². The molecule has 0 amide bonds. The molecule has 170 valence electrons. The maximum Gasteiger partial charge on any atom is 0.397 e. The fraction of sp³-hybridized carbons (Fsp3) is 0.182. The van der Waals surface area contributed by atoms with Gasteiger partial charge in [-0.1, -0.05) is 69.9 Å².